The van der Waals surface area contributed by atoms with Gasteiger partial charge in [0.05, 0.1) is 12.1 Å². The predicted molar refractivity (Wildman–Crippen MR) is 133 cm³/mol. The Bertz CT molecular complexity index is 1140. The van der Waals surface area contributed by atoms with Crippen molar-refractivity contribution < 1.29 is 14.3 Å². The van der Waals surface area contributed by atoms with Gasteiger partial charge in [0.1, 0.15) is 5.82 Å². The van der Waals surface area contributed by atoms with Crippen molar-refractivity contribution in [2.75, 3.05) is 31.5 Å². The molecule has 0 atom stereocenters. The van der Waals surface area contributed by atoms with Crippen molar-refractivity contribution in [1.82, 2.24) is 9.80 Å². The summed E-state index contributed by atoms with van der Waals surface area (Å²) in [7, 11) is 0. The largest absolute Gasteiger partial charge is 0.478 e. The molecule has 1 fully saturated rings. The first-order valence-electron chi connectivity index (χ1n) is 11.4. The number of carboxylic acids is 1. The third-order valence-electron chi connectivity index (χ3n) is 5.94. The molecule has 1 aliphatic heterocycles. The Labute approximate surface area is 199 Å². The highest BCUT2D eigenvalue weighted by Crippen LogP contribution is 2.15. The fourth-order valence-corrected chi connectivity index (χ4v) is 3.89. The standard InChI is InChI=1S/C27H29FN4O2/c1-20-6-8-21(9-7-20)18-29-27(30-24-12-10-22(11-13-24)26(33)34)32-16-14-31(15-17-32)19-23-4-2-3-5-25(23)28/h2-13H,14-19H2,1H3,(H,29,30)(H,33,34). The van der Waals surface area contributed by atoms with E-state index in [1.165, 1.54) is 11.6 Å². The fourth-order valence-electron chi connectivity index (χ4n) is 3.89. The zero-order chi connectivity index (χ0) is 23.9. The average Bonchev–Trinajstić information content (AvgIpc) is 2.85. The molecule has 0 bridgehead atoms. The molecule has 176 valence electrons. The number of nitrogens with zero attached hydrogens (tertiary/aromatic N) is 3. The molecule has 4 rings (SSSR count). The number of halogens is 1. The predicted octanol–water partition coefficient (Wildman–Crippen LogP) is 4.62. The molecule has 0 aliphatic carbocycles. The van der Waals surface area contributed by atoms with Gasteiger partial charge < -0.3 is 15.3 Å². The van der Waals surface area contributed by atoms with E-state index < -0.39 is 5.97 Å². The van der Waals surface area contributed by atoms with Gasteiger partial charge in [-0.3, -0.25) is 4.90 Å². The fraction of sp³-hybridized carbons (Fsp3) is 0.259. The van der Waals surface area contributed by atoms with Crippen LogP contribution >= 0.6 is 0 Å². The Morgan fingerprint density at radius 3 is 2.29 bits per heavy atom. The van der Waals surface area contributed by atoms with Crippen LogP contribution in [0, 0.1) is 12.7 Å². The van der Waals surface area contributed by atoms with Crippen LogP contribution in [0.15, 0.2) is 77.8 Å². The van der Waals surface area contributed by atoms with Crippen molar-refractivity contribution in [2.24, 2.45) is 4.99 Å². The number of aryl methyl sites for hydroxylation is 1. The Balaban J connectivity index is 1.46. The van der Waals surface area contributed by atoms with Crippen molar-refractivity contribution in [3.05, 3.63) is 101 Å². The number of rotatable bonds is 6. The summed E-state index contributed by atoms with van der Waals surface area (Å²) in [6, 6.07) is 21.9. The van der Waals surface area contributed by atoms with E-state index in [0.29, 0.717) is 18.7 Å². The highest BCUT2D eigenvalue weighted by Gasteiger charge is 2.21. The average molecular weight is 461 g/mol. The normalized spacial score (nSPS) is 14.8. The Kier molecular flexibility index (Phi) is 7.54. The zero-order valence-electron chi connectivity index (χ0n) is 19.2. The summed E-state index contributed by atoms with van der Waals surface area (Å²) < 4.78 is 14.1. The SMILES string of the molecule is Cc1ccc(CN=C(Nc2ccc(C(=O)O)cc2)N2CCN(Cc3ccccc3F)CC2)cc1. The number of guanidine groups is 1. The third-order valence-corrected chi connectivity index (χ3v) is 5.94. The van der Waals surface area contributed by atoms with E-state index in [1.807, 2.05) is 12.1 Å². The second-order valence-corrected chi connectivity index (χ2v) is 8.49. The second kappa shape index (κ2) is 10.9. The van der Waals surface area contributed by atoms with Gasteiger partial charge >= 0.3 is 5.97 Å². The number of nitrogens with one attached hydrogen (secondary N) is 1. The lowest BCUT2D eigenvalue weighted by atomic mass is 10.1. The van der Waals surface area contributed by atoms with Gasteiger partial charge in [0.2, 0.25) is 0 Å². The lowest BCUT2D eigenvalue weighted by Crippen LogP contribution is -2.50. The van der Waals surface area contributed by atoms with Crippen LogP contribution in [0.4, 0.5) is 10.1 Å². The van der Waals surface area contributed by atoms with Gasteiger partial charge in [-0.05, 0) is 42.8 Å². The lowest BCUT2D eigenvalue weighted by molar-refractivity contribution is 0.0697. The van der Waals surface area contributed by atoms with E-state index in [2.05, 4.69) is 46.3 Å². The minimum Gasteiger partial charge on any atom is -0.478 e. The number of anilines is 1. The number of hydrogen-bond donors (Lipinski definition) is 2. The quantitative estimate of drug-likeness (QED) is 0.415. The third kappa shape index (κ3) is 6.20. The molecule has 2 N–H and O–H groups in total. The maximum Gasteiger partial charge on any atom is 0.335 e. The van der Waals surface area contributed by atoms with Crippen LogP contribution < -0.4 is 5.32 Å². The van der Waals surface area contributed by atoms with Gasteiger partial charge in [-0.1, -0.05) is 48.0 Å². The van der Waals surface area contributed by atoms with Crippen LogP contribution in [0.2, 0.25) is 0 Å². The first-order chi connectivity index (χ1) is 16.5. The maximum atomic E-state index is 14.1. The molecule has 1 aliphatic rings. The van der Waals surface area contributed by atoms with Gasteiger partial charge in [0, 0.05) is 44.0 Å². The van der Waals surface area contributed by atoms with E-state index in [9.17, 15) is 9.18 Å². The zero-order valence-corrected chi connectivity index (χ0v) is 19.2. The topological polar surface area (TPSA) is 68.2 Å². The maximum absolute atomic E-state index is 14.1. The summed E-state index contributed by atoms with van der Waals surface area (Å²) in [6.07, 6.45) is 0. The lowest BCUT2D eigenvalue weighted by Gasteiger charge is -2.36. The van der Waals surface area contributed by atoms with Gasteiger partial charge in [-0.25, -0.2) is 14.2 Å². The van der Waals surface area contributed by atoms with Gasteiger partial charge in [-0.2, -0.15) is 0 Å². The van der Waals surface area contributed by atoms with E-state index in [0.717, 1.165) is 43.4 Å². The number of carbonyl (C=O) groups is 1. The van der Waals surface area contributed by atoms with Gasteiger partial charge in [-0.15, -0.1) is 0 Å². The minimum absolute atomic E-state index is 0.170. The first kappa shape index (κ1) is 23.4. The second-order valence-electron chi connectivity index (χ2n) is 8.49. The summed E-state index contributed by atoms with van der Waals surface area (Å²) >= 11 is 0. The number of aliphatic imine (C=N–C) groups is 1. The molecule has 1 heterocycles. The molecule has 0 radical (unpaired) electrons. The van der Waals surface area contributed by atoms with Crippen molar-refractivity contribution in [1.29, 1.82) is 0 Å². The highest BCUT2D eigenvalue weighted by atomic mass is 19.1. The molecular formula is C27H29FN4O2. The van der Waals surface area contributed by atoms with Crippen LogP contribution in [0.1, 0.15) is 27.0 Å². The molecular weight excluding hydrogens is 431 g/mol. The molecule has 7 heteroatoms. The molecule has 34 heavy (non-hydrogen) atoms. The summed E-state index contributed by atoms with van der Waals surface area (Å²) in [4.78, 5) is 20.5. The minimum atomic E-state index is -0.953. The Hall–Kier alpha value is -3.71. The summed E-state index contributed by atoms with van der Waals surface area (Å²) in [6.45, 7) is 6.26. The van der Waals surface area contributed by atoms with Crippen molar-refractivity contribution in [3.63, 3.8) is 0 Å². The molecule has 0 unspecified atom stereocenters. The van der Waals surface area contributed by atoms with Crippen LogP contribution in [0.3, 0.4) is 0 Å². The van der Waals surface area contributed by atoms with E-state index >= 15 is 0 Å². The molecule has 0 aromatic heterocycles. The number of carboxylic acid groups (broad SMARTS) is 1. The van der Waals surface area contributed by atoms with E-state index in [-0.39, 0.29) is 11.4 Å². The number of piperazine rings is 1. The summed E-state index contributed by atoms with van der Waals surface area (Å²) in [5.41, 5.74) is 4.05. The molecule has 3 aromatic rings. The molecule has 0 amide bonds. The molecule has 1 saturated heterocycles. The van der Waals surface area contributed by atoms with Crippen molar-refractivity contribution in [2.45, 2.75) is 20.0 Å². The van der Waals surface area contributed by atoms with Gasteiger partial charge in [0.25, 0.3) is 0 Å². The Morgan fingerprint density at radius 2 is 1.65 bits per heavy atom. The first-order valence-corrected chi connectivity index (χ1v) is 11.4. The van der Waals surface area contributed by atoms with Crippen molar-refractivity contribution >= 4 is 17.6 Å². The number of aromatic carboxylic acids is 1. The molecule has 0 saturated carbocycles. The van der Waals surface area contributed by atoms with Crippen molar-refractivity contribution in [3.8, 4) is 0 Å². The van der Waals surface area contributed by atoms with E-state index in [1.54, 1.807) is 30.3 Å². The van der Waals surface area contributed by atoms with Crippen LogP contribution in [0.5, 0.6) is 0 Å². The van der Waals surface area contributed by atoms with E-state index in [4.69, 9.17) is 10.1 Å². The molecule has 6 nitrogen and oxygen atoms in total. The number of hydrogen-bond acceptors (Lipinski definition) is 3. The smallest absolute Gasteiger partial charge is 0.335 e. The molecule has 0 spiro atoms. The summed E-state index contributed by atoms with van der Waals surface area (Å²) in [5.74, 6) is -0.378. The van der Waals surface area contributed by atoms with Crippen LogP contribution in [-0.4, -0.2) is 53.0 Å². The highest BCUT2D eigenvalue weighted by molar-refractivity contribution is 5.94. The van der Waals surface area contributed by atoms with Gasteiger partial charge in [0.15, 0.2) is 5.96 Å². The Morgan fingerprint density at radius 1 is 0.971 bits per heavy atom. The van der Waals surface area contributed by atoms with Crippen LogP contribution in [0.25, 0.3) is 0 Å². The molecule has 3 aromatic carbocycles. The number of benzene rings is 3. The van der Waals surface area contributed by atoms with Crippen LogP contribution in [-0.2, 0) is 13.1 Å². The summed E-state index contributed by atoms with van der Waals surface area (Å²) in [5, 5.41) is 12.5. The monoisotopic (exact) mass is 460 g/mol.